The fourth-order valence-electron chi connectivity index (χ4n) is 1.96. The summed E-state index contributed by atoms with van der Waals surface area (Å²) in [6.45, 7) is 3.98. The fraction of sp³-hybridized carbons (Fsp3) is 0.231. The van der Waals surface area contributed by atoms with Gasteiger partial charge in [0.15, 0.2) is 6.29 Å². The Labute approximate surface area is 98.3 Å². The number of H-pyrrole nitrogens is 1. The molecule has 0 amide bonds. The van der Waals surface area contributed by atoms with Crippen LogP contribution in [-0.2, 0) is 0 Å². The van der Waals surface area contributed by atoms with E-state index in [4.69, 9.17) is 5.11 Å². The number of carboxylic acids is 1. The number of carboxylic acid groups (broad SMARTS) is 1. The van der Waals surface area contributed by atoms with Gasteiger partial charge >= 0.3 is 5.97 Å². The molecule has 0 bridgehead atoms. The number of benzene rings is 1. The number of aldehydes is 1. The maximum absolute atomic E-state index is 11.0. The molecule has 0 radical (unpaired) electrons. The molecule has 0 fully saturated rings. The fourth-order valence-corrected chi connectivity index (χ4v) is 1.96. The summed E-state index contributed by atoms with van der Waals surface area (Å²) in [7, 11) is 0. The third-order valence-corrected chi connectivity index (χ3v) is 2.85. The number of nitrogens with one attached hydrogen (secondary N) is 1. The van der Waals surface area contributed by atoms with Crippen molar-refractivity contribution >= 4 is 23.2 Å². The summed E-state index contributed by atoms with van der Waals surface area (Å²) in [5.41, 5.74) is 2.45. The number of aromatic amines is 1. The highest BCUT2D eigenvalue weighted by atomic mass is 16.4. The van der Waals surface area contributed by atoms with Crippen LogP contribution in [0.15, 0.2) is 18.3 Å². The molecule has 0 saturated carbocycles. The SMILES string of the molecule is CC(C)c1cc(C(=O)O)cc2c(C=O)c[nH]c12. The smallest absolute Gasteiger partial charge is 0.335 e. The third kappa shape index (κ3) is 1.82. The molecule has 0 spiro atoms. The van der Waals surface area contributed by atoms with Gasteiger partial charge in [-0.25, -0.2) is 4.79 Å². The monoisotopic (exact) mass is 231 g/mol. The van der Waals surface area contributed by atoms with Crippen LogP contribution in [0.1, 0.15) is 46.0 Å². The van der Waals surface area contributed by atoms with Crippen molar-refractivity contribution in [1.29, 1.82) is 0 Å². The van der Waals surface area contributed by atoms with Crippen LogP contribution in [0.3, 0.4) is 0 Å². The maximum Gasteiger partial charge on any atom is 0.335 e. The van der Waals surface area contributed by atoms with E-state index in [2.05, 4.69) is 4.98 Å². The van der Waals surface area contributed by atoms with Gasteiger partial charge in [-0.15, -0.1) is 0 Å². The molecule has 0 unspecified atom stereocenters. The van der Waals surface area contributed by atoms with Crippen molar-refractivity contribution in [2.24, 2.45) is 0 Å². The maximum atomic E-state index is 11.0. The van der Waals surface area contributed by atoms with E-state index in [1.54, 1.807) is 12.3 Å². The Kier molecular flexibility index (Phi) is 2.71. The van der Waals surface area contributed by atoms with Gasteiger partial charge in [0.05, 0.1) is 5.56 Å². The Bertz CT molecular complexity index is 596. The molecular weight excluding hydrogens is 218 g/mol. The Balaban J connectivity index is 2.83. The molecule has 88 valence electrons. The Morgan fingerprint density at radius 2 is 2.12 bits per heavy atom. The van der Waals surface area contributed by atoms with E-state index in [0.717, 1.165) is 17.4 Å². The van der Waals surface area contributed by atoms with Crippen LogP contribution in [0, 0.1) is 0 Å². The Hall–Kier alpha value is -2.10. The van der Waals surface area contributed by atoms with Crippen LogP contribution in [-0.4, -0.2) is 22.3 Å². The zero-order valence-electron chi connectivity index (χ0n) is 9.65. The predicted octanol–water partition coefficient (Wildman–Crippen LogP) is 2.80. The third-order valence-electron chi connectivity index (χ3n) is 2.85. The molecule has 0 aliphatic heterocycles. The van der Waals surface area contributed by atoms with E-state index in [9.17, 15) is 9.59 Å². The topological polar surface area (TPSA) is 70.2 Å². The summed E-state index contributed by atoms with van der Waals surface area (Å²) in [5.74, 6) is -0.790. The first kappa shape index (κ1) is 11.4. The van der Waals surface area contributed by atoms with Crippen LogP contribution < -0.4 is 0 Å². The molecule has 1 aromatic heterocycles. The van der Waals surface area contributed by atoms with Gasteiger partial charge in [0, 0.05) is 22.7 Å². The number of aromatic carboxylic acids is 1. The largest absolute Gasteiger partial charge is 0.478 e. The van der Waals surface area contributed by atoms with Gasteiger partial charge in [0.1, 0.15) is 0 Å². The highest BCUT2D eigenvalue weighted by Crippen LogP contribution is 2.28. The minimum absolute atomic E-state index is 0.190. The number of hydrogen-bond acceptors (Lipinski definition) is 2. The van der Waals surface area contributed by atoms with Gasteiger partial charge in [-0.05, 0) is 23.6 Å². The molecule has 0 aliphatic carbocycles. The first-order chi connectivity index (χ1) is 8.04. The number of hydrogen-bond donors (Lipinski definition) is 2. The van der Waals surface area contributed by atoms with Crippen molar-refractivity contribution in [3.05, 3.63) is 35.0 Å². The molecular formula is C13H13NO3. The molecule has 2 N–H and O–H groups in total. The van der Waals surface area contributed by atoms with Crippen molar-refractivity contribution in [1.82, 2.24) is 4.98 Å². The first-order valence-electron chi connectivity index (χ1n) is 5.38. The number of carbonyl (C=O) groups is 2. The summed E-state index contributed by atoms with van der Waals surface area (Å²) < 4.78 is 0. The van der Waals surface area contributed by atoms with Crippen molar-refractivity contribution in [2.75, 3.05) is 0 Å². The quantitative estimate of drug-likeness (QED) is 0.798. The number of rotatable bonds is 3. The zero-order valence-corrected chi connectivity index (χ0v) is 9.65. The molecule has 0 aliphatic rings. The standard InChI is InChI=1S/C13H13NO3/c1-7(2)10-3-8(13(16)17)4-11-9(6-15)5-14-12(10)11/h3-7,14H,1-2H3,(H,16,17). The highest BCUT2D eigenvalue weighted by Gasteiger charge is 2.14. The van der Waals surface area contributed by atoms with Crippen molar-refractivity contribution in [3.63, 3.8) is 0 Å². The second-order valence-electron chi connectivity index (χ2n) is 4.31. The summed E-state index contributed by atoms with van der Waals surface area (Å²) in [5, 5.41) is 9.72. The Morgan fingerprint density at radius 1 is 1.41 bits per heavy atom. The average molecular weight is 231 g/mol. The van der Waals surface area contributed by atoms with Crippen LogP contribution >= 0.6 is 0 Å². The normalized spacial score (nSPS) is 11.0. The van der Waals surface area contributed by atoms with Gasteiger partial charge in [0.2, 0.25) is 0 Å². The van der Waals surface area contributed by atoms with Gasteiger partial charge in [-0.2, -0.15) is 0 Å². The predicted molar refractivity (Wildman–Crippen MR) is 64.7 cm³/mol. The molecule has 0 saturated heterocycles. The van der Waals surface area contributed by atoms with Crippen LogP contribution in [0.25, 0.3) is 10.9 Å². The molecule has 4 nitrogen and oxygen atoms in total. The van der Waals surface area contributed by atoms with Crippen LogP contribution in [0.5, 0.6) is 0 Å². The van der Waals surface area contributed by atoms with Crippen molar-refractivity contribution in [3.8, 4) is 0 Å². The number of aromatic nitrogens is 1. The highest BCUT2D eigenvalue weighted by molar-refractivity contribution is 6.02. The zero-order chi connectivity index (χ0) is 12.6. The molecule has 1 aromatic carbocycles. The van der Waals surface area contributed by atoms with Crippen LogP contribution in [0.2, 0.25) is 0 Å². The lowest BCUT2D eigenvalue weighted by atomic mass is 9.97. The second-order valence-corrected chi connectivity index (χ2v) is 4.31. The molecule has 17 heavy (non-hydrogen) atoms. The lowest BCUT2D eigenvalue weighted by Gasteiger charge is -2.08. The van der Waals surface area contributed by atoms with E-state index in [1.165, 1.54) is 6.07 Å². The van der Waals surface area contributed by atoms with E-state index >= 15 is 0 Å². The lowest BCUT2D eigenvalue weighted by molar-refractivity contribution is 0.0696. The molecule has 1 heterocycles. The Morgan fingerprint density at radius 3 is 2.65 bits per heavy atom. The van der Waals surface area contributed by atoms with Crippen molar-refractivity contribution in [2.45, 2.75) is 19.8 Å². The van der Waals surface area contributed by atoms with E-state index in [1.807, 2.05) is 13.8 Å². The summed E-state index contributed by atoms with van der Waals surface area (Å²) in [6, 6.07) is 3.18. The average Bonchev–Trinajstić information content (AvgIpc) is 2.69. The van der Waals surface area contributed by atoms with Gasteiger partial charge in [-0.3, -0.25) is 4.79 Å². The lowest BCUT2D eigenvalue weighted by Crippen LogP contribution is -1.99. The minimum Gasteiger partial charge on any atom is -0.478 e. The van der Waals surface area contributed by atoms with E-state index in [-0.39, 0.29) is 11.5 Å². The number of carbonyl (C=O) groups excluding carboxylic acids is 1. The van der Waals surface area contributed by atoms with Crippen molar-refractivity contribution < 1.29 is 14.7 Å². The molecule has 0 atom stereocenters. The second kappa shape index (κ2) is 4.05. The van der Waals surface area contributed by atoms with Crippen LogP contribution in [0.4, 0.5) is 0 Å². The summed E-state index contributed by atoms with van der Waals surface area (Å²) >= 11 is 0. The minimum atomic E-state index is -0.980. The first-order valence-corrected chi connectivity index (χ1v) is 5.38. The van der Waals surface area contributed by atoms with Gasteiger partial charge in [0.25, 0.3) is 0 Å². The summed E-state index contributed by atoms with van der Waals surface area (Å²) in [6.07, 6.45) is 2.34. The molecule has 2 rings (SSSR count). The van der Waals surface area contributed by atoms with Gasteiger partial charge < -0.3 is 10.1 Å². The number of fused-ring (bicyclic) bond motifs is 1. The van der Waals surface area contributed by atoms with E-state index in [0.29, 0.717) is 10.9 Å². The van der Waals surface area contributed by atoms with E-state index < -0.39 is 5.97 Å². The molecule has 2 aromatic rings. The summed E-state index contributed by atoms with van der Waals surface area (Å²) in [4.78, 5) is 24.9. The molecule has 4 heteroatoms. The van der Waals surface area contributed by atoms with Gasteiger partial charge in [-0.1, -0.05) is 13.8 Å².